The van der Waals surface area contributed by atoms with E-state index in [4.69, 9.17) is 9.47 Å². The third-order valence-electron chi connectivity index (χ3n) is 5.46. The van der Waals surface area contributed by atoms with Gasteiger partial charge in [0.05, 0.1) is 0 Å². The van der Waals surface area contributed by atoms with Crippen molar-refractivity contribution in [3.05, 3.63) is 35.4 Å². The molecule has 0 atom stereocenters. The van der Waals surface area contributed by atoms with Crippen molar-refractivity contribution in [3.63, 3.8) is 0 Å². The third-order valence-corrected chi connectivity index (χ3v) is 5.46. The summed E-state index contributed by atoms with van der Waals surface area (Å²) in [6.45, 7) is 19.6. The molecule has 40 heavy (non-hydrogen) atoms. The second-order valence-corrected chi connectivity index (χ2v) is 11.9. The summed E-state index contributed by atoms with van der Waals surface area (Å²) in [6.07, 6.45) is 3.13. The van der Waals surface area contributed by atoms with Crippen LogP contribution in [0.1, 0.15) is 78.4 Å². The number of hydrogen-bond acceptors (Lipinski definition) is 8. The molecule has 0 spiro atoms. The van der Waals surface area contributed by atoms with Gasteiger partial charge in [0.25, 0.3) is 0 Å². The van der Waals surface area contributed by atoms with Crippen LogP contribution in [-0.2, 0) is 22.6 Å². The summed E-state index contributed by atoms with van der Waals surface area (Å²) in [5.41, 5.74) is 1.67. The summed E-state index contributed by atoms with van der Waals surface area (Å²) >= 11 is 0. The molecular weight excluding hydrogens is 508 g/mol. The average Bonchev–Trinajstić information content (AvgIpc) is 2.84. The van der Waals surface area contributed by atoms with Gasteiger partial charge in [-0.05, 0) is 118 Å². The number of benzene rings is 1. The SMILES string of the molecule is CC(C)(C)OC(=O)NCCCNCCCNCc1cccc(CNCCCNCCCNC(=O)OC(C)(C)C)c1. The van der Waals surface area contributed by atoms with Crippen LogP contribution >= 0.6 is 0 Å². The van der Waals surface area contributed by atoms with Crippen LogP contribution in [0.25, 0.3) is 0 Å². The summed E-state index contributed by atoms with van der Waals surface area (Å²) in [5.74, 6) is 0. The Morgan fingerprint density at radius 3 is 1.30 bits per heavy atom. The number of alkyl carbamates (subject to hydrolysis) is 2. The lowest BCUT2D eigenvalue weighted by atomic mass is 10.1. The van der Waals surface area contributed by atoms with Gasteiger partial charge in [-0.2, -0.15) is 0 Å². The Bertz CT molecular complexity index is 760. The fourth-order valence-corrected chi connectivity index (χ4v) is 3.68. The summed E-state index contributed by atoms with van der Waals surface area (Å²) in [7, 11) is 0. The molecule has 10 heteroatoms. The molecule has 0 aromatic heterocycles. The molecule has 0 radical (unpaired) electrons. The summed E-state index contributed by atoms with van der Waals surface area (Å²) in [4.78, 5) is 23.2. The van der Waals surface area contributed by atoms with Crippen molar-refractivity contribution in [2.45, 2.75) is 91.5 Å². The third kappa shape index (κ3) is 22.4. The molecule has 1 rings (SSSR count). The van der Waals surface area contributed by atoms with Crippen LogP contribution < -0.4 is 31.9 Å². The summed E-state index contributed by atoms with van der Waals surface area (Å²) in [6, 6.07) is 8.70. The molecule has 0 aliphatic heterocycles. The Morgan fingerprint density at radius 2 is 0.925 bits per heavy atom. The van der Waals surface area contributed by atoms with Gasteiger partial charge in [0, 0.05) is 26.2 Å². The lowest BCUT2D eigenvalue weighted by molar-refractivity contribution is 0.0515. The number of carbonyl (C=O) groups excluding carboxylic acids is 2. The zero-order valence-corrected chi connectivity index (χ0v) is 25.8. The molecular formula is C30H56N6O4. The Hall–Kier alpha value is -2.40. The molecule has 0 aliphatic rings. The smallest absolute Gasteiger partial charge is 0.407 e. The Kier molecular flexibility index (Phi) is 18.2. The van der Waals surface area contributed by atoms with Crippen LogP contribution in [0.5, 0.6) is 0 Å². The lowest BCUT2D eigenvalue weighted by Crippen LogP contribution is -2.34. The fraction of sp³-hybridized carbons (Fsp3) is 0.733. The van der Waals surface area contributed by atoms with Crippen molar-refractivity contribution >= 4 is 12.2 Å². The normalized spacial score (nSPS) is 11.8. The first-order valence-corrected chi connectivity index (χ1v) is 14.8. The minimum absolute atomic E-state index is 0.358. The summed E-state index contributed by atoms with van der Waals surface area (Å²) in [5, 5.41) is 19.4. The van der Waals surface area contributed by atoms with Gasteiger partial charge in [-0.3, -0.25) is 0 Å². The number of nitrogens with one attached hydrogen (secondary N) is 6. The fourth-order valence-electron chi connectivity index (χ4n) is 3.68. The second-order valence-electron chi connectivity index (χ2n) is 11.9. The number of amides is 2. The van der Waals surface area contributed by atoms with E-state index >= 15 is 0 Å². The highest BCUT2D eigenvalue weighted by atomic mass is 16.6. The largest absolute Gasteiger partial charge is 0.444 e. The van der Waals surface area contributed by atoms with Crippen LogP contribution in [-0.4, -0.2) is 75.7 Å². The quantitative estimate of drug-likeness (QED) is 0.133. The van der Waals surface area contributed by atoms with E-state index in [1.807, 2.05) is 41.5 Å². The second kappa shape index (κ2) is 20.5. The molecule has 0 heterocycles. The van der Waals surface area contributed by atoms with Gasteiger partial charge < -0.3 is 41.4 Å². The van der Waals surface area contributed by atoms with Crippen LogP contribution in [0.4, 0.5) is 9.59 Å². The Morgan fingerprint density at radius 1 is 0.575 bits per heavy atom. The molecule has 2 amide bonds. The highest BCUT2D eigenvalue weighted by Gasteiger charge is 2.16. The van der Waals surface area contributed by atoms with Gasteiger partial charge >= 0.3 is 12.2 Å². The first kappa shape index (κ1) is 35.6. The predicted octanol–water partition coefficient (Wildman–Crippen LogP) is 3.65. The van der Waals surface area contributed by atoms with Crippen molar-refractivity contribution in [2.75, 3.05) is 52.4 Å². The number of carbonyl (C=O) groups is 2. The van der Waals surface area contributed by atoms with Crippen molar-refractivity contribution in [1.29, 1.82) is 0 Å². The molecule has 0 unspecified atom stereocenters. The molecule has 10 nitrogen and oxygen atoms in total. The van der Waals surface area contributed by atoms with Crippen molar-refractivity contribution in [1.82, 2.24) is 31.9 Å². The van der Waals surface area contributed by atoms with Gasteiger partial charge in [-0.1, -0.05) is 24.3 Å². The van der Waals surface area contributed by atoms with E-state index in [9.17, 15) is 9.59 Å². The van der Waals surface area contributed by atoms with E-state index in [-0.39, 0.29) is 12.2 Å². The standard InChI is InChI=1S/C30H56N6O4/c1-29(2,3)39-27(37)35-20-10-16-31-14-8-18-33-23-25-12-7-13-26(22-25)24-34-19-9-15-32-17-11-21-36-28(38)40-30(4,5)6/h7,12-13,22,31-34H,8-11,14-21,23-24H2,1-6H3,(H,35,37)(H,36,38). The topological polar surface area (TPSA) is 125 Å². The average molecular weight is 565 g/mol. The van der Waals surface area contributed by atoms with Gasteiger partial charge in [0.2, 0.25) is 0 Å². The number of hydrogen-bond donors (Lipinski definition) is 6. The monoisotopic (exact) mass is 564 g/mol. The van der Waals surface area contributed by atoms with E-state index in [0.717, 1.165) is 78.0 Å². The van der Waals surface area contributed by atoms with Crippen LogP contribution in [0.3, 0.4) is 0 Å². The van der Waals surface area contributed by atoms with Gasteiger partial charge in [-0.15, -0.1) is 0 Å². The van der Waals surface area contributed by atoms with Crippen LogP contribution in [0.2, 0.25) is 0 Å². The van der Waals surface area contributed by atoms with Crippen molar-refractivity contribution in [3.8, 4) is 0 Å². The summed E-state index contributed by atoms with van der Waals surface area (Å²) < 4.78 is 10.4. The molecule has 0 saturated heterocycles. The molecule has 1 aromatic rings. The van der Waals surface area contributed by atoms with Crippen molar-refractivity contribution < 1.29 is 19.1 Å². The maximum Gasteiger partial charge on any atom is 0.407 e. The van der Waals surface area contributed by atoms with E-state index < -0.39 is 11.2 Å². The molecule has 0 saturated carbocycles. The maximum atomic E-state index is 11.6. The molecule has 0 aliphatic carbocycles. The molecule has 0 bridgehead atoms. The van der Waals surface area contributed by atoms with Gasteiger partial charge in [0.15, 0.2) is 0 Å². The Labute approximate surface area is 242 Å². The van der Waals surface area contributed by atoms with Gasteiger partial charge in [-0.25, -0.2) is 9.59 Å². The minimum Gasteiger partial charge on any atom is -0.444 e. The number of ether oxygens (including phenoxy) is 2. The van der Waals surface area contributed by atoms with E-state index in [2.05, 4.69) is 56.2 Å². The van der Waals surface area contributed by atoms with E-state index in [0.29, 0.717) is 13.1 Å². The molecule has 230 valence electrons. The van der Waals surface area contributed by atoms with Crippen LogP contribution in [0.15, 0.2) is 24.3 Å². The highest BCUT2D eigenvalue weighted by molar-refractivity contribution is 5.67. The van der Waals surface area contributed by atoms with E-state index in [1.54, 1.807) is 0 Å². The Balaban J connectivity index is 1.97. The zero-order valence-electron chi connectivity index (χ0n) is 25.8. The maximum absolute atomic E-state index is 11.6. The molecule has 6 N–H and O–H groups in total. The van der Waals surface area contributed by atoms with Gasteiger partial charge in [0.1, 0.15) is 11.2 Å². The lowest BCUT2D eigenvalue weighted by Gasteiger charge is -2.19. The molecule has 0 fully saturated rings. The van der Waals surface area contributed by atoms with Crippen LogP contribution in [0, 0.1) is 0 Å². The zero-order chi connectivity index (χ0) is 29.7. The first-order chi connectivity index (χ1) is 18.9. The first-order valence-electron chi connectivity index (χ1n) is 14.8. The number of rotatable bonds is 20. The minimum atomic E-state index is -0.460. The molecule has 1 aromatic carbocycles. The van der Waals surface area contributed by atoms with E-state index in [1.165, 1.54) is 11.1 Å². The predicted molar refractivity (Wildman–Crippen MR) is 163 cm³/mol. The van der Waals surface area contributed by atoms with Crippen molar-refractivity contribution in [2.24, 2.45) is 0 Å². The highest BCUT2D eigenvalue weighted by Crippen LogP contribution is 2.07.